The van der Waals surface area contributed by atoms with Crippen LogP contribution in [-0.2, 0) is 0 Å². The molecule has 0 unspecified atom stereocenters. The lowest BCUT2D eigenvalue weighted by molar-refractivity contribution is 0.0925. The smallest absolute Gasteiger partial charge is 0.287 e. The Kier molecular flexibility index (Phi) is 11.8. The van der Waals surface area contributed by atoms with E-state index in [2.05, 4.69) is 5.32 Å². The van der Waals surface area contributed by atoms with Crippen LogP contribution in [0.4, 0.5) is 0 Å². The molecule has 0 saturated carbocycles. The van der Waals surface area contributed by atoms with Gasteiger partial charge in [-0.1, -0.05) is 27.7 Å². The van der Waals surface area contributed by atoms with Crippen LogP contribution in [0.5, 0.6) is 5.75 Å². The molecular weight excluding hydrogens is 332 g/mol. The number of methoxy groups -OCH3 is 1. The van der Waals surface area contributed by atoms with E-state index in [0.29, 0.717) is 23.3 Å². The highest BCUT2D eigenvalue weighted by Gasteiger charge is 2.12. The highest BCUT2D eigenvalue weighted by Crippen LogP contribution is 2.19. The van der Waals surface area contributed by atoms with Crippen LogP contribution in [0, 0.1) is 0 Å². The van der Waals surface area contributed by atoms with Gasteiger partial charge in [-0.2, -0.15) is 0 Å². The number of hydrogen-bond donors (Lipinski definition) is 1. The van der Waals surface area contributed by atoms with E-state index < -0.39 is 0 Å². The van der Waals surface area contributed by atoms with E-state index in [-0.39, 0.29) is 17.1 Å². The summed E-state index contributed by atoms with van der Waals surface area (Å²) in [5, 5.41) is 3.17. The summed E-state index contributed by atoms with van der Waals surface area (Å²) in [4.78, 5) is 26.1. The SMILES string of the molecule is CC.CC.COc1ccc2c(=O)cc(C(=O)NCCCN(C)C)oc2c1. The fourth-order valence-corrected chi connectivity index (χ4v) is 2.06. The summed E-state index contributed by atoms with van der Waals surface area (Å²) < 4.78 is 10.6. The summed E-state index contributed by atoms with van der Waals surface area (Å²) in [7, 11) is 5.47. The lowest BCUT2D eigenvalue weighted by Crippen LogP contribution is -2.27. The maximum atomic E-state index is 12.1. The number of nitrogens with one attached hydrogen (secondary N) is 1. The van der Waals surface area contributed by atoms with Gasteiger partial charge in [-0.25, -0.2) is 0 Å². The average molecular weight is 364 g/mol. The minimum atomic E-state index is -0.388. The third kappa shape index (κ3) is 7.27. The quantitative estimate of drug-likeness (QED) is 0.794. The van der Waals surface area contributed by atoms with Crippen LogP contribution in [0.15, 0.2) is 33.5 Å². The summed E-state index contributed by atoms with van der Waals surface area (Å²) in [5.74, 6) is 0.190. The van der Waals surface area contributed by atoms with Crippen molar-refractivity contribution >= 4 is 16.9 Å². The summed E-state index contributed by atoms with van der Waals surface area (Å²) in [6.07, 6.45) is 0.824. The fraction of sp³-hybridized carbons (Fsp3) is 0.500. The Morgan fingerprint density at radius 1 is 1.15 bits per heavy atom. The van der Waals surface area contributed by atoms with Gasteiger partial charge in [0, 0.05) is 18.7 Å². The van der Waals surface area contributed by atoms with Gasteiger partial charge in [0.1, 0.15) is 11.3 Å². The van der Waals surface area contributed by atoms with Gasteiger partial charge in [-0.05, 0) is 39.2 Å². The van der Waals surface area contributed by atoms with Gasteiger partial charge in [0.25, 0.3) is 5.91 Å². The van der Waals surface area contributed by atoms with Crippen molar-refractivity contribution in [3.8, 4) is 5.75 Å². The van der Waals surface area contributed by atoms with Crippen molar-refractivity contribution in [1.82, 2.24) is 10.2 Å². The molecular formula is C20H32N2O4. The molecule has 0 atom stereocenters. The molecule has 2 aromatic rings. The van der Waals surface area contributed by atoms with E-state index in [1.165, 1.54) is 13.2 Å². The average Bonchev–Trinajstić information content (AvgIpc) is 2.67. The number of amides is 1. The zero-order chi connectivity index (χ0) is 20.1. The molecule has 1 aromatic heterocycles. The van der Waals surface area contributed by atoms with Gasteiger partial charge in [0.2, 0.25) is 0 Å². The predicted octanol–water partition coefficient (Wildman–Crippen LogP) is 3.54. The third-order valence-corrected chi connectivity index (χ3v) is 3.23. The lowest BCUT2D eigenvalue weighted by atomic mass is 10.2. The molecule has 6 nitrogen and oxygen atoms in total. The van der Waals surface area contributed by atoms with E-state index in [9.17, 15) is 9.59 Å². The monoisotopic (exact) mass is 364 g/mol. The van der Waals surface area contributed by atoms with Crippen LogP contribution < -0.4 is 15.5 Å². The van der Waals surface area contributed by atoms with Crippen molar-refractivity contribution in [2.24, 2.45) is 0 Å². The number of carbonyl (C=O) groups excluding carboxylic acids is 1. The molecule has 146 valence electrons. The molecule has 2 rings (SSSR count). The molecule has 0 saturated heterocycles. The van der Waals surface area contributed by atoms with E-state index in [1.807, 2.05) is 46.7 Å². The Hall–Kier alpha value is -2.34. The number of benzene rings is 1. The molecule has 0 aliphatic heterocycles. The van der Waals surface area contributed by atoms with Crippen molar-refractivity contribution in [1.29, 1.82) is 0 Å². The molecule has 1 N–H and O–H groups in total. The van der Waals surface area contributed by atoms with Crippen molar-refractivity contribution < 1.29 is 13.9 Å². The third-order valence-electron chi connectivity index (χ3n) is 3.23. The highest BCUT2D eigenvalue weighted by molar-refractivity contribution is 5.93. The molecule has 0 radical (unpaired) electrons. The highest BCUT2D eigenvalue weighted by atomic mass is 16.5. The van der Waals surface area contributed by atoms with Gasteiger partial charge in [0.05, 0.1) is 12.5 Å². The predicted molar refractivity (Wildman–Crippen MR) is 107 cm³/mol. The van der Waals surface area contributed by atoms with Gasteiger partial charge in [-0.3, -0.25) is 9.59 Å². The van der Waals surface area contributed by atoms with Crippen LogP contribution in [-0.4, -0.2) is 45.1 Å². The molecule has 1 aromatic carbocycles. The number of ether oxygens (including phenoxy) is 1. The first-order valence-corrected chi connectivity index (χ1v) is 9.06. The number of hydrogen-bond acceptors (Lipinski definition) is 5. The second kappa shape index (κ2) is 12.9. The van der Waals surface area contributed by atoms with Crippen LogP contribution in [0.2, 0.25) is 0 Å². The second-order valence-electron chi connectivity index (χ2n) is 5.25. The minimum Gasteiger partial charge on any atom is -0.497 e. The van der Waals surface area contributed by atoms with Gasteiger partial charge in [-0.15, -0.1) is 0 Å². The molecule has 0 aliphatic carbocycles. The van der Waals surface area contributed by atoms with Crippen molar-refractivity contribution in [3.05, 3.63) is 40.2 Å². The summed E-state index contributed by atoms with van der Waals surface area (Å²) in [6.45, 7) is 9.40. The molecule has 1 heterocycles. The molecule has 0 fully saturated rings. The standard InChI is InChI=1S/C16H20N2O4.2C2H6/c1-18(2)8-4-7-17-16(20)15-10-13(19)12-6-5-11(21-3)9-14(12)22-15;2*1-2/h5-6,9-10H,4,7-8H2,1-3H3,(H,17,20);2*1-2H3. The van der Waals surface area contributed by atoms with Crippen molar-refractivity contribution in [2.75, 3.05) is 34.3 Å². The van der Waals surface area contributed by atoms with Crippen molar-refractivity contribution in [3.63, 3.8) is 0 Å². The summed E-state index contributed by atoms with van der Waals surface area (Å²) in [5.41, 5.74) is 0.0904. The first-order valence-electron chi connectivity index (χ1n) is 9.06. The number of nitrogens with zero attached hydrogens (tertiary/aromatic N) is 1. The van der Waals surface area contributed by atoms with Gasteiger partial charge in [0.15, 0.2) is 11.2 Å². The number of rotatable bonds is 6. The fourth-order valence-electron chi connectivity index (χ4n) is 2.06. The first kappa shape index (κ1) is 23.7. The largest absolute Gasteiger partial charge is 0.497 e. The minimum absolute atomic E-state index is 0.00982. The maximum Gasteiger partial charge on any atom is 0.287 e. The normalized spacial score (nSPS) is 9.69. The summed E-state index contributed by atoms with van der Waals surface area (Å²) in [6, 6.07) is 6.12. The Balaban J connectivity index is 0.00000146. The molecule has 0 bridgehead atoms. The Bertz CT molecular complexity index is 723. The molecule has 0 spiro atoms. The van der Waals surface area contributed by atoms with Crippen LogP contribution in [0.25, 0.3) is 11.0 Å². The van der Waals surface area contributed by atoms with Crippen molar-refractivity contribution in [2.45, 2.75) is 34.1 Å². The number of fused-ring (bicyclic) bond motifs is 1. The van der Waals surface area contributed by atoms with E-state index in [1.54, 1.807) is 18.2 Å². The van der Waals surface area contributed by atoms with Gasteiger partial charge >= 0.3 is 0 Å². The van der Waals surface area contributed by atoms with E-state index in [4.69, 9.17) is 9.15 Å². The Morgan fingerprint density at radius 2 is 1.81 bits per heavy atom. The molecule has 6 heteroatoms. The Labute approximate surface area is 156 Å². The summed E-state index contributed by atoms with van der Waals surface area (Å²) >= 11 is 0. The lowest BCUT2D eigenvalue weighted by Gasteiger charge is -2.09. The van der Waals surface area contributed by atoms with Crippen LogP contribution >= 0.6 is 0 Å². The van der Waals surface area contributed by atoms with Gasteiger partial charge < -0.3 is 19.4 Å². The first-order chi connectivity index (χ1) is 12.5. The van der Waals surface area contributed by atoms with E-state index in [0.717, 1.165) is 13.0 Å². The zero-order valence-electron chi connectivity index (χ0n) is 17.0. The second-order valence-corrected chi connectivity index (χ2v) is 5.25. The van der Waals surface area contributed by atoms with E-state index >= 15 is 0 Å². The molecule has 26 heavy (non-hydrogen) atoms. The zero-order valence-corrected chi connectivity index (χ0v) is 17.0. The van der Waals surface area contributed by atoms with Crippen LogP contribution in [0.3, 0.4) is 0 Å². The van der Waals surface area contributed by atoms with Crippen LogP contribution in [0.1, 0.15) is 44.7 Å². The topological polar surface area (TPSA) is 71.8 Å². The maximum absolute atomic E-state index is 12.1. The number of carbonyl (C=O) groups is 1. The molecule has 1 amide bonds. The Morgan fingerprint density at radius 3 is 2.38 bits per heavy atom. The molecule has 0 aliphatic rings.